The van der Waals surface area contributed by atoms with E-state index in [1.165, 1.54) is 57.8 Å². The molecule has 0 unspecified atom stereocenters. The summed E-state index contributed by atoms with van der Waals surface area (Å²) in [5.41, 5.74) is 0. The van der Waals surface area contributed by atoms with Crippen molar-refractivity contribution in [2.75, 3.05) is 13.2 Å². The summed E-state index contributed by atoms with van der Waals surface area (Å²) in [6.07, 6.45) is 14.0. The van der Waals surface area contributed by atoms with Gasteiger partial charge in [-0.05, 0) is 60.7 Å². The fraction of sp³-hybridized carbons (Fsp3) is 0.613. The Hall–Kier alpha value is -1.15. The Balaban J connectivity index is -0.00000760. The van der Waals surface area contributed by atoms with Crippen LogP contribution in [0.2, 0.25) is 0 Å². The first kappa shape index (κ1) is 45.3. The molecule has 0 N–H and O–H groups in total. The van der Waals surface area contributed by atoms with Gasteiger partial charge >= 0.3 is 71.1 Å². The molecule has 0 spiro atoms. The van der Waals surface area contributed by atoms with Crippen molar-refractivity contribution in [2.45, 2.75) is 110 Å². The quantitative estimate of drug-likeness (QED) is 0.0378. The van der Waals surface area contributed by atoms with Gasteiger partial charge in [-0.3, -0.25) is 4.79 Å². The first-order valence-corrected chi connectivity index (χ1v) is 15.2. The number of carbonyl (C=O) groups is 2. The second kappa shape index (κ2) is 32.8. The maximum absolute atomic E-state index is 12.2. The van der Waals surface area contributed by atoms with Gasteiger partial charge in [0.15, 0.2) is 6.10 Å². The van der Waals surface area contributed by atoms with Gasteiger partial charge in [0.2, 0.25) is 0 Å². The van der Waals surface area contributed by atoms with Gasteiger partial charge in [-0.2, -0.15) is 0 Å². The molecule has 0 aromatic carbocycles. The minimum atomic E-state index is -5.31. The summed E-state index contributed by atoms with van der Waals surface area (Å²) >= 11 is 0. The van der Waals surface area contributed by atoms with Crippen molar-refractivity contribution in [1.82, 2.24) is 0 Å². The van der Waals surface area contributed by atoms with Crippen molar-refractivity contribution in [2.24, 2.45) is 0 Å². The monoisotopic (exact) mass is 616 g/mol. The molecular weight excluding hydrogens is 577 g/mol. The van der Waals surface area contributed by atoms with Crippen LogP contribution in [-0.2, 0) is 28.2 Å². The third-order valence-electron chi connectivity index (χ3n) is 5.33. The Kier molecular flexibility index (Phi) is 35.3. The van der Waals surface area contributed by atoms with Gasteiger partial charge in [0, 0.05) is 12.3 Å². The molecular formula is C31H39Na2O8P. The van der Waals surface area contributed by atoms with Crippen LogP contribution in [0.5, 0.6) is 0 Å². The number of ether oxygens (including phenoxy) is 2. The third kappa shape index (κ3) is 35.0. The van der Waals surface area contributed by atoms with Crippen LogP contribution in [0.15, 0.2) is 0 Å². The van der Waals surface area contributed by atoms with Crippen molar-refractivity contribution < 1.29 is 97.1 Å². The largest absolute Gasteiger partial charge is 1.00 e. The van der Waals surface area contributed by atoms with Crippen LogP contribution in [0.3, 0.4) is 0 Å². The first-order valence-electron chi connectivity index (χ1n) is 13.7. The zero-order valence-electron chi connectivity index (χ0n) is 25.6. The van der Waals surface area contributed by atoms with Crippen LogP contribution < -0.4 is 68.9 Å². The number of hydrogen-bond donors (Lipinski definition) is 0. The summed E-state index contributed by atoms with van der Waals surface area (Å²) in [5, 5.41) is 0. The summed E-state index contributed by atoms with van der Waals surface area (Å²) in [7, 11) is -5.31. The second-order valence-corrected chi connectivity index (χ2v) is 9.97. The molecule has 11 heteroatoms. The number of phosphoric acid groups is 1. The maximum atomic E-state index is 12.2. The van der Waals surface area contributed by atoms with E-state index in [4.69, 9.17) is 9.47 Å². The van der Waals surface area contributed by atoms with Crippen molar-refractivity contribution in [1.29, 1.82) is 0 Å². The van der Waals surface area contributed by atoms with Gasteiger partial charge in [-0.25, -0.2) is 4.79 Å². The van der Waals surface area contributed by atoms with Gasteiger partial charge in [-0.1, -0.05) is 89.9 Å². The second-order valence-electron chi connectivity index (χ2n) is 8.82. The number of phosphoric ester groups is 1. The summed E-state index contributed by atoms with van der Waals surface area (Å²) < 4.78 is 25.0. The number of esters is 2. The van der Waals surface area contributed by atoms with Gasteiger partial charge in [-0.15, -0.1) is 0 Å². The molecule has 0 aliphatic rings. The predicted molar refractivity (Wildman–Crippen MR) is 149 cm³/mol. The summed E-state index contributed by atoms with van der Waals surface area (Å²) in [5.74, 6) is 22.2. The van der Waals surface area contributed by atoms with Crippen LogP contribution in [-0.4, -0.2) is 31.3 Å². The SMILES string of the molecule is CC#CC#CC#CC#CC#CC(=O)OC[C@@H](COP(=O)([O-])[O-])OC(=O)CCCCCCCCCCCCCCC.[Na+].[Na+]. The number of unbranched alkanes of at least 4 members (excludes halogenated alkanes) is 12. The number of rotatable bonds is 20. The molecule has 42 heavy (non-hydrogen) atoms. The minimum Gasteiger partial charge on any atom is -0.790 e. The van der Waals surface area contributed by atoms with E-state index in [1.807, 2.05) is 0 Å². The van der Waals surface area contributed by atoms with E-state index in [9.17, 15) is 23.9 Å². The van der Waals surface area contributed by atoms with Gasteiger partial charge in [0.05, 0.1) is 14.4 Å². The minimum absolute atomic E-state index is 0. The van der Waals surface area contributed by atoms with Crippen molar-refractivity contribution in [3.05, 3.63) is 0 Å². The number of hydrogen-bond acceptors (Lipinski definition) is 8. The Labute approximate surface area is 296 Å². The van der Waals surface area contributed by atoms with Gasteiger partial charge in [0.1, 0.15) is 6.61 Å². The Bertz CT molecular complexity index is 1110. The van der Waals surface area contributed by atoms with E-state index in [0.29, 0.717) is 6.42 Å². The van der Waals surface area contributed by atoms with E-state index < -0.39 is 39.1 Å². The molecule has 0 fully saturated rings. The van der Waals surface area contributed by atoms with Crippen LogP contribution in [0.25, 0.3) is 0 Å². The molecule has 1 atom stereocenters. The smallest absolute Gasteiger partial charge is 0.790 e. The van der Waals surface area contributed by atoms with E-state index in [-0.39, 0.29) is 65.5 Å². The average molecular weight is 617 g/mol. The molecule has 218 valence electrons. The van der Waals surface area contributed by atoms with Crippen molar-refractivity contribution >= 4 is 19.8 Å². The van der Waals surface area contributed by atoms with Gasteiger partial charge in [0.25, 0.3) is 0 Å². The topological polar surface area (TPSA) is 125 Å². The van der Waals surface area contributed by atoms with E-state index in [2.05, 4.69) is 70.7 Å². The summed E-state index contributed by atoms with van der Waals surface area (Å²) in [6.45, 7) is 2.55. The van der Waals surface area contributed by atoms with Crippen molar-refractivity contribution in [3.63, 3.8) is 0 Å². The summed E-state index contributed by atoms with van der Waals surface area (Å²) in [6, 6.07) is 0. The van der Waals surface area contributed by atoms with E-state index in [0.717, 1.165) is 19.3 Å². The molecule has 0 aromatic rings. The molecule has 0 saturated heterocycles. The van der Waals surface area contributed by atoms with Gasteiger partial charge < -0.3 is 28.3 Å². The molecule has 0 aliphatic heterocycles. The Morgan fingerprint density at radius 1 is 0.690 bits per heavy atom. The molecule has 0 rings (SSSR count). The molecule has 0 heterocycles. The fourth-order valence-corrected chi connectivity index (χ4v) is 3.71. The molecule has 8 nitrogen and oxygen atoms in total. The number of carbonyl (C=O) groups excluding carboxylic acids is 2. The molecule has 0 radical (unpaired) electrons. The summed E-state index contributed by atoms with van der Waals surface area (Å²) in [4.78, 5) is 45.5. The fourth-order valence-electron chi connectivity index (χ4n) is 3.36. The molecule has 0 amide bonds. The molecule has 0 bridgehead atoms. The van der Waals surface area contributed by atoms with Crippen LogP contribution in [0, 0.1) is 59.2 Å². The van der Waals surface area contributed by atoms with Crippen molar-refractivity contribution in [3.8, 4) is 59.2 Å². The zero-order chi connectivity index (χ0) is 29.7. The van der Waals surface area contributed by atoms with Crippen LogP contribution in [0.1, 0.15) is 104 Å². The van der Waals surface area contributed by atoms with Crippen LogP contribution in [0.4, 0.5) is 0 Å². The zero-order valence-corrected chi connectivity index (χ0v) is 30.5. The molecule has 0 aromatic heterocycles. The third-order valence-corrected chi connectivity index (χ3v) is 5.79. The normalized spacial score (nSPS) is 9.90. The Morgan fingerprint density at radius 2 is 1.14 bits per heavy atom. The Morgan fingerprint density at radius 3 is 1.62 bits per heavy atom. The molecule has 0 saturated carbocycles. The standard InChI is InChI=1S/C31H41O8P.2Na/c1-3-5-7-9-11-13-14-15-16-18-20-22-24-26-31(33)39-29(28-38-40(34,35)36)27-37-30(32)25-23-21-19-17-12-10-8-6-4-2;;/h29H,3,5,7,9,11,13-16,18,20,22,24,26-28H2,1-2H3,(H2,34,35,36);;/q;2*+1/p-2/t29-;;/m0../s1. The predicted octanol–water partition coefficient (Wildman–Crippen LogP) is -2.19. The first-order chi connectivity index (χ1) is 19.3. The maximum Gasteiger partial charge on any atom is 1.00 e. The van der Waals surface area contributed by atoms with E-state index in [1.54, 1.807) is 6.92 Å². The average Bonchev–Trinajstić information content (AvgIpc) is 2.91. The van der Waals surface area contributed by atoms with Crippen LogP contribution >= 0.6 is 7.82 Å². The molecule has 0 aliphatic carbocycles. The van der Waals surface area contributed by atoms with E-state index >= 15 is 0 Å².